The first kappa shape index (κ1) is 20.9. The summed E-state index contributed by atoms with van der Waals surface area (Å²) in [4.78, 5) is 27.1. The Morgan fingerprint density at radius 2 is 1.55 bits per heavy atom. The van der Waals surface area contributed by atoms with Gasteiger partial charge in [0, 0.05) is 43.9 Å². The highest BCUT2D eigenvalue weighted by atomic mass is 16.2. The predicted octanol–water partition coefficient (Wildman–Crippen LogP) is 4.12. The Labute approximate surface area is 173 Å². The maximum atomic E-state index is 12.6. The van der Waals surface area contributed by atoms with Crippen molar-refractivity contribution < 1.29 is 9.59 Å². The van der Waals surface area contributed by atoms with Gasteiger partial charge >= 0.3 is 0 Å². The number of carbonyl (C=O) groups excluding carboxylic acids is 2. The number of benzene rings is 2. The van der Waals surface area contributed by atoms with Crippen LogP contribution in [0.2, 0.25) is 0 Å². The molecule has 2 N–H and O–H groups in total. The molecule has 0 unspecified atom stereocenters. The van der Waals surface area contributed by atoms with E-state index in [4.69, 9.17) is 0 Å². The number of nitrogens with one attached hydrogen (secondary N) is 2. The molecular formula is C24H31N3O2. The van der Waals surface area contributed by atoms with Gasteiger partial charge in [-0.1, -0.05) is 29.8 Å². The molecule has 1 aliphatic rings. The summed E-state index contributed by atoms with van der Waals surface area (Å²) >= 11 is 0. The van der Waals surface area contributed by atoms with Crippen LogP contribution in [0, 0.1) is 18.8 Å². The molecule has 0 bridgehead atoms. The van der Waals surface area contributed by atoms with E-state index in [-0.39, 0.29) is 23.7 Å². The van der Waals surface area contributed by atoms with E-state index in [0.717, 1.165) is 42.6 Å². The fourth-order valence-corrected chi connectivity index (χ4v) is 3.86. The lowest BCUT2D eigenvalue weighted by atomic mass is 9.81. The Morgan fingerprint density at radius 1 is 0.931 bits per heavy atom. The summed E-state index contributed by atoms with van der Waals surface area (Å²) in [7, 11) is 3.98. The van der Waals surface area contributed by atoms with Gasteiger partial charge in [0.15, 0.2) is 0 Å². The maximum absolute atomic E-state index is 12.6. The molecule has 154 valence electrons. The SMILES string of the molecule is Cc1cccc(CNC(=O)C2CCC(C(=O)Nc3ccc(N(C)C)cc3)CC2)c1. The third kappa shape index (κ3) is 5.83. The summed E-state index contributed by atoms with van der Waals surface area (Å²) in [6, 6.07) is 16.0. The predicted molar refractivity (Wildman–Crippen MR) is 118 cm³/mol. The molecule has 3 rings (SSSR count). The van der Waals surface area contributed by atoms with Crippen LogP contribution < -0.4 is 15.5 Å². The molecular weight excluding hydrogens is 362 g/mol. The number of hydrogen-bond donors (Lipinski definition) is 2. The van der Waals surface area contributed by atoms with Crippen molar-refractivity contribution in [2.45, 2.75) is 39.2 Å². The van der Waals surface area contributed by atoms with Crippen molar-refractivity contribution in [1.82, 2.24) is 5.32 Å². The molecule has 5 heteroatoms. The zero-order valence-corrected chi connectivity index (χ0v) is 17.6. The van der Waals surface area contributed by atoms with Crippen LogP contribution in [0.15, 0.2) is 48.5 Å². The first-order chi connectivity index (χ1) is 13.9. The molecule has 2 aromatic rings. The number of aryl methyl sites for hydroxylation is 1. The van der Waals surface area contributed by atoms with Crippen molar-refractivity contribution in [1.29, 1.82) is 0 Å². The smallest absolute Gasteiger partial charge is 0.227 e. The molecule has 0 aromatic heterocycles. The summed E-state index contributed by atoms with van der Waals surface area (Å²) < 4.78 is 0. The highest BCUT2D eigenvalue weighted by molar-refractivity contribution is 5.93. The fourth-order valence-electron chi connectivity index (χ4n) is 3.86. The largest absolute Gasteiger partial charge is 0.378 e. The highest BCUT2D eigenvalue weighted by Gasteiger charge is 2.29. The normalized spacial score (nSPS) is 18.7. The number of amides is 2. The van der Waals surface area contributed by atoms with Crippen LogP contribution in [0.3, 0.4) is 0 Å². The van der Waals surface area contributed by atoms with Gasteiger partial charge in [-0.25, -0.2) is 0 Å². The summed E-state index contributed by atoms with van der Waals surface area (Å²) in [6.45, 7) is 2.61. The Kier molecular flexibility index (Phi) is 6.91. The van der Waals surface area contributed by atoms with Crippen LogP contribution in [0.1, 0.15) is 36.8 Å². The van der Waals surface area contributed by atoms with Gasteiger partial charge in [-0.05, 0) is 62.4 Å². The standard InChI is InChI=1S/C24H31N3O2/c1-17-5-4-6-18(15-17)16-25-23(28)19-7-9-20(10-8-19)24(29)26-21-11-13-22(14-12-21)27(2)3/h4-6,11-15,19-20H,7-10,16H2,1-3H3,(H,25,28)(H,26,29). The Balaban J connectivity index is 1.44. The van der Waals surface area contributed by atoms with Gasteiger partial charge in [-0.3, -0.25) is 9.59 Å². The molecule has 2 aromatic carbocycles. The molecule has 1 saturated carbocycles. The van der Waals surface area contributed by atoms with E-state index in [1.807, 2.05) is 68.4 Å². The van der Waals surface area contributed by atoms with Crippen LogP contribution in [-0.4, -0.2) is 25.9 Å². The quantitative estimate of drug-likeness (QED) is 0.776. The molecule has 0 radical (unpaired) electrons. The molecule has 0 aliphatic heterocycles. The van der Waals surface area contributed by atoms with Gasteiger partial charge in [0.2, 0.25) is 11.8 Å². The minimum absolute atomic E-state index is 0.00299. The molecule has 0 spiro atoms. The highest BCUT2D eigenvalue weighted by Crippen LogP contribution is 2.30. The third-order valence-electron chi connectivity index (χ3n) is 5.67. The van der Waals surface area contributed by atoms with Crippen molar-refractivity contribution in [3.05, 3.63) is 59.7 Å². The van der Waals surface area contributed by atoms with Crippen molar-refractivity contribution in [3.8, 4) is 0 Å². The van der Waals surface area contributed by atoms with Crippen molar-refractivity contribution in [2.24, 2.45) is 11.8 Å². The molecule has 0 atom stereocenters. The molecule has 1 fully saturated rings. The Morgan fingerprint density at radius 3 is 2.14 bits per heavy atom. The molecule has 0 heterocycles. The average molecular weight is 394 g/mol. The molecule has 1 aliphatic carbocycles. The van der Waals surface area contributed by atoms with E-state index in [2.05, 4.69) is 16.7 Å². The topological polar surface area (TPSA) is 61.4 Å². The first-order valence-corrected chi connectivity index (χ1v) is 10.3. The lowest BCUT2D eigenvalue weighted by molar-refractivity contribution is -0.128. The molecule has 29 heavy (non-hydrogen) atoms. The second-order valence-corrected chi connectivity index (χ2v) is 8.19. The molecule has 0 saturated heterocycles. The van der Waals surface area contributed by atoms with Gasteiger partial charge in [-0.2, -0.15) is 0 Å². The second kappa shape index (κ2) is 9.59. The number of rotatable bonds is 6. The third-order valence-corrected chi connectivity index (χ3v) is 5.67. The number of carbonyl (C=O) groups is 2. The van der Waals surface area contributed by atoms with Crippen LogP contribution in [-0.2, 0) is 16.1 Å². The molecule has 2 amide bonds. The summed E-state index contributed by atoms with van der Waals surface area (Å²) in [5.41, 5.74) is 4.23. The summed E-state index contributed by atoms with van der Waals surface area (Å²) in [5, 5.41) is 6.07. The van der Waals surface area contributed by atoms with Crippen molar-refractivity contribution in [3.63, 3.8) is 0 Å². The van der Waals surface area contributed by atoms with Gasteiger partial charge in [0.25, 0.3) is 0 Å². The number of nitrogens with zero attached hydrogens (tertiary/aromatic N) is 1. The lowest BCUT2D eigenvalue weighted by Gasteiger charge is -2.27. The van der Waals surface area contributed by atoms with E-state index in [9.17, 15) is 9.59 Å². The van der Waals surface area contributed by atoms with Crippen LogP contribution in [0.4, 0.5) is 11.4 Å². The summed E-state index contributed by atoms with van der Waals surface area (Å²) in [5.74, 6) is 0.137. The minimum atomic E-state index is -0.0238. The van der Waals surface area contributed by atoms with Crippen LogP contribution in [0.25, 0.3) is 0 Å². The number of hydrogen-bond acceptors (Lipinski definition) is 3. The van der Waals surface area contributed by atoms with Crippen molar-refractivity contribution >= 4 is 23.2 Å². The first-order valence-electron chi connectivity index (χ1n) is 10.3. The van der Waals surface area contributed by atoms with E-state index < -0.39 is 0 Å². The molecule has 5 nitrogen and oxygen atoms in total. The van der Waals surface area contributed by atoms with Gasteiger partial charge in [0.05, 0.1) is 0 Å². The van der Waals surface area contributed by atoms with E-state index in [1.54, 1.807) is 0 Å². The Hall–Kier alpha value is -2.82. The van der Waals surface area contributed by atoms with Gasteiger partial charge < -0.3 is 15.5 Å². The van der Waals surface area contributed by atoms with E-state index >= 15 is 0 Å². The summed E-state index contributed by atoms with van der Waals surface area (Å²) in [6.07, 6.45) is 3.03. The zero-order valence-electron chi connectivity index (χ0n) is 17.6. The maximum Gasteiger partial charge on any atom is 0.227 e. The number of anilines is 2. The van der Waals surface area contributed by atoms with E-state index in [0.29, 0.717) is 6.54 Å². The van der Waals surface area contributed by atoms with Gasteiger partial charge in [0.1, 0.15) is 0 Å². The second-order valence-electron chi connectivity index (χ2n) is 8.19. The lowest BCUT2D eigenvalue weighted by Crippen LogP contribution is -2.35. The average Bonchev–Trinajstić information content (AvgIpc) is 2.72. The van der Waals surface area contributed by atoms with Crippen molar-refractivity contribution in [2.75, 3.05) is 24.3 Å². The monoisotopic (exact) mass is 393 g/mol. The van der Waals surface area contributed by atoms with Crippen LogP contribution in [0.5, 0.6) is 0 Å². The van der Waals surface area contributed by atoms with Crippen LogP contribution >= 0.6 is 0 Å². The fraction of sp³-hybridized carbons (Fsp3) is 0.417. The van der Waals surface area contributed by atoms with E-state index in [1.165, 1.54) is 5.56 Å². The Bertz CT molecular complexity index is 837. The zero-order chi connectivity index (χ0) is 20.8. The minimum Gasteiger partial charge on any atom is -0.378 e. The van der Waals surface area contributed by atoms with Gasteiger partial charge in [-0.15, -0.1) is 0 Å².